The Bertz CT molecular complexity index is 575. The monoisotopic (exact) mass is 245 g/mol. The molecule has 1 aromatic heterocycles. The van der Waals surface area contributed by atoms with Crippen molar-refractivity contribution in [1.29, 1.82) is 5.26 Å². The molecule has 0 saturated heterocycles. The van der Waals surface area contributed by atoms with Crippen LogP contribution < -0.4 is 5.73 Å². The number of anilines is 1. The summed E-state index contributed by atoms with van der Waals surface area (Å²) in [7, 11) is 0. The lowest BCUT2D eigenvalue weighted by Crippen LogP contribution is -1.91. The Labute approximate surface area is 102 Å². The molecule has 0 spiro atoms. The van der Waals surface area contributed by atoms with E-state index in [0.717, 1.165) is 4.90 Å². The zero-order valence-electron chi connectivity index (χ0n) is 8.72. The number of nitrogens with zero attached hydrogens (tertiary/aromatic N) is 2. The zero-order chi connectivity index (χ0) is 12.3. The van der Waals surface area contributed by atoms with E-state index in [1.165, 1.54) is 30.1 Å². The van der Waals surface area contributed by atoms with Crippen molar-refractivity contribution < 1.29 is 4.39 Å². The van der Waals surface area contributed by atoms with Crippen LogP contribution in [0.4, 0.5) is 10.1 Å². The van der Waals surface area contributed by atoms with Gasteiger partial charge in [-0.15, -0.1) is 0 Å². The Hall–Kier alpha value is -2.06. The second-order valence-electron chi connectivity index (χ2n) is 3.29. The number of nitrogen functional groups attached to an aromatic ring is 1. The third-order valence-electron chi connectivity index (χ3n) is 2.02. The van der Waals surface area contributed by atoms with Gasteiger partial charge in [0.2, 0.25) is 0 Å². The summed E-state index contributed by atoms with van der Waals surface area (Å²) in [5, 5.41) is 9.51. The van der Waals surface area contributed by atoms with Crippen molar-refractivity contribution in [3.63, 3.8) is 0 Å². The SMILES string of the molecule is N#Cc1cc(N)cnc1Sc1ccc(F)cc1. The van der Waals surface area contributed by atoms with E-state index >= 15 is 0 Å². The molecule has 2 rings (SSSR count). The van der Waals surface area contributed by atoms with E-state index in [9.17, 15) is 4.39 Å². The summed E-state index contributed by atoms with van der Waals surface area (Å²) < 4.78 is 12.7. The van der Waals surface area contributed by atoms with Gasteiger partial charge in [-0.1, -0.05) is 11.8 Å². The third kappa shape index (κ3) is 2.74. The minimum atomic E-state index is -0.292. The summed E-state index contributed by atoms with van der Waals surface area (Å²) in [6, 6.07) is 9.61. The van der Waals surface area contributed by atoms with Crippen LogP contribution in [0.1, 0.15) is 5.56 Å². The molecule has 84 valence electrons. The number of nitrogens with two attached hydrogens (primary N) is 1. The molecule has 2 N–H and O–H groups in total. The minimum absolute atomic E-state index is 0.292. The molecule has 0 amide bonds. The van der Waals surface area contributed by atoms with Gasteiger partial charge in [0.1, 0.15) is 16.9 Å². The molecule has 0 aliphatic heterocycles. The fraction of sp³-hybridized carbons (Fsp3) is 0. The average Bonchev–Trinajstić information content (AvgIpc) is 2.34. The molecule has 1 aromatic carbocycles. The maximum absolute atomic E-state index is 12.7. The standard InChI is InChI=1S/C12H8FN3S/c13-9-1-3-11(4-2-9)17-12-8(6-14)5-10(15)7-16-12/h1-5,7H,15H2. The predicted molar refractivity (Wildman–Crippen MR) is 63.9 cm³/mol. The molecular weight excluding hydrogens is 237 g/mol. The van der Waals surface area contributed by atoms with Crippen LogP contribution in [0.2, 0.25) is 0 Å². The summed E-state index contributed by atoms with van der Waals surface area (Å²) in [4.78, 5) is 4.91. The van der Waals surface area contributed by atoms with Crippen molar-refractivity contribution in [3.8, 4) is 6.07 Å². The minimum Gasteiger partial charge on any atom is -0.397 e. The van der Waals surface area contributed by atoms with Gasteiger partial charge in [-0.3, -0.25) is 0 Å². The zero-order valence-corrected chi connectivity index (χ0v) is 9.54. The van der Waals surface area contributed by atoms with E-state index in [1.54, 1.807) is 18.2 Å². The molecule has 0 bridgehead atoms. The number of rotatable bonds is 2. The van der Waals surface area contributed by atoms with Gasteiger partial charge in [-0.05, 0) is 30.3 Å². The largest absolute Gasteiger partial charge is 0.397 e. The van der Waals surface area contributed by atoms with Gasteiger partial charge in [0.25, 0.3) is 0 Å². The van der Waals surface area contributed by atoms with Crippen LogP contribution in [0, 0.1) is 17.1 Å². The quantitative estimate of drug-likeness (QED) is 0.883. The van der Waals surface area contributed by atoms with E-state index in [-0.39, 0.29) is 5.82 Å². The second-order valence-corrected chi connectivity index (χ2v) is 4.35. The van der Waals surface area contributed by atoms with Crippen LogP contribution in [-0.2, 0) is 0 Å². The van der Waals surface area contributed by atoms with Crippen LogP contribution in [0.3, 0.4) is 0 Å². The summed E-state index contributed by atoms with van der Waals surface area (Å²) in [6.07, 6.45) is 1.49. The fourth-order valence-electron chi connectivity index (χ4n) is 1.24. The van der Waals surface area contributed by atoms with Gasteiger partial charge in [0.15, 0.2) is 0 Å². The Kier molecular flexibility index (Phi) is 3.26. The molecule has 2 aromatic rings. The Morgan fingerprint density at radius 1 is 1.29 bits per heavy atom. The number of aromatic nitrogens is 1. The maximum Gasteiger partial charge on any atom is 0.123 e. The number of hydrogen-bond donors (Lipinski definition) is 1. The first-order chi connectivity index (χ1) is 8.19. The lowest BCUT2D eigenvalue weighted by atomic mass is 10.3. The van der Waals surface area contributed by atoms with E-state index in [1.807, 2.05) is 6.07 Å². The lowest BCUT2D eigenvalue weighted by molar-refractivity contribution is 0.626. The average molecular weight is 245 g/mol. The number of pyridine rings is 1. The summed E-state index contributed by atoms with van der Waals surface area (Å²) in [5.41, 5.74) is 6.41. The van der Waals surface area contributed by atoms with Crippen molar-refractivity contribution in [2.45, 2.75) is 9.92 Å². The maximum atomic E-state index is 12.7. The first kappa shape index (κ1) is 11.4. The molecule has 17 heavy (non-hydrogen) atoms. The molecule has 3 nitrogen and oxygen atoms in total. The number of benzene rings is 1. The molecule has 0 unspecified atom stereocenters. The first-order valence-corrected chi connectivity index (χ1v) is 5.60. The van der Waals surface area contributed by atoms with E-state index < -0.39 is 0 Å². The van der Waals surface area contributed by atoms with Crippen LogP contribution in [-0.4, -0.2) is 4.98 Å². The van der Waals surface area contributed by atoms with Gasteiger partial charge in [-0.25, -0.2) is 9.37 Å². The fourth-order valence-corrected chi connectivity index (χ4v) is 2.06. The predicted octanol–water partition coefficient (Wildman–Crippen LogP) is 2.83. The van der Waals surface area contributed by atoms with Crippen LogP contribution in [0.5, 0.6) is 0 Å². The van der Waals surface area contributed by atoms with Crippen molar-refractivity contribution in [2.24, 2.45) is 0 Å². The number of hydrogen-bond acceptors (Lipinski definition) is 4. The molecule has 0 atom stereocenters. The number of halogens is 1. The highest BCUT2D eigenvalue weighted by atomic mass is 32.2. The van der Waals surface area contributed by atoms with Crippen molar-refractivity contribution in [1.82, 2.24) is 4.98 Å². The van der Waals surface area contributed by atoms with E-state index in [4.69, 9.17) is 11.0 Å². The first-order valence-electron chi connectivity index (χ1n) is 4.78. The second kappa shape index (κ2) is 4.85. The highest BCUT2D eigenvalue weighted by Crippen LogP contribution is 2.29. The van der Waals surface area contributed by atoms with Gasteiger partial charge in [0.05, 0.1) is 17.4 Å². The summed E-state index contributed by atoms with van der Waals surface area (Å²) >= 11 is 1.30. The van der Waals surface area contributed by atoms with Gasteiger partial charge >= 0.3 is 0 Å². The third-order valence-corrected chi connectivity index (χ3v) is 3.05. The Balaban J connectivity index is 2.30. The van der Waals surface area contributed by atoms with Crippen molar-refractivity contribution >= 4 is 17.4 Å². The molecule has 5 heteroatoms. The van der Waals surface area contributed by atoms with Crippen LogP contribution in [0.25, 0.3) is 0 Å². The molecule has 0 fully saturated rings. The number of nitriles is 1. The smallest absolute Gasteiger partial charge is 0.123 e. The molecular formula is C12H8FN3S. The van der Waals surface area contributed by atoms with E-state index in [2.05, 4.69) is 4.98 Å². The topological polar surface area (TPSA) is 62.7 Å². The van der Waals surface area contributed by atoms with Crippen LogP contribution >= 0.6 is 11.8 Å². The Morgan fingerprint density at radius 3 is 2.65 bits per heavy atom. The molecule has 0 saturated carbocycles. The van der Waals surface area contributed by atoms with Gasteiger partial charge in [-0.2, -0.15) is 5.26 Å². The normalized spacial score (nSPS) is 9.88. The van der Waals surface area contributed by atoms with Crippen molar-refractivity contribution in [3.05, 3.63) is 47.9 Å². The lowest BCUT2D eigenvalue weighted by Gasteiger charge is -2.03. The highest BCUT2D eigenvalue weighted by molar-refractivity contribution is 7.99. The summed E-state index contributed by atoms with van der Waals surface area (Å²) in [6.45, 7) is 0. The van der Waals surface area contributed by atoms with Crippen LogP contribution in [0.15, 0.2) is 46.5 Å². The van der Waals surface area contributed by atoms with Gasteiger partial charge < -0.3 is 5.73 Å². The molecule has 0 aliphatic carbocycles. The summed E-state index contributed by atoms with van der Waals surface area (Å²) in [5.74, 6) is -0.292. The highest BCUT2D eigenvalue weighted by Gasteiger charge is 2.06. The molecule has 0 radical (unpaired) electrons. The molecule has 0 aliphatic rings. The van der Waals surface area contributed by atoms with E-state index in [0.29, 0.717) is 16.3 Å². The molecule has 1 heterocycles. The van der Waals surface area contributed by atoms with Gasteiger partial charge in [0, 0.05) is 4.90 Å². The Morgan fingerprint density at radius 2 is 2.00 bits per heavy atom. The van der Waals surface area contributed by atoms with Crippen molar-refractivity contribution in [2.75, 3.05) is 5.73 Å².